The minimum Gasteiger partial charge on any atom is -0.444 e. The van der Waals surface area contributed by atoms with E-state index in [-0.39, 0.29) is 24.7 Å². The standard InChI is InChI=1S/C26H40N2O4/c1-8-21(24(29)27-16-19(4)5)15-23-22(14-18(2)3)28(26(6,7)32-23)25(30)31-17-20-12-10-9-11-13-20/h9-13,15,18-19,22-23H,8,14,16-17H2,1-7H3,(H,27,29)/t22-,23-/m0/s1. The van der Waals surface area contributed by atoms with Crippen molar-refractivity contribution in [3.05, 3.63) is 47.5 Å². The molecule has 0 spiro atoms. The zero-order chi connectivity index (χ0) is 23.9. The van der Waals surface area contributed by atoms with Gasteiger partial charge in [0.1, 0.15) is 12.3 Å². The number of nitrogens with one attached hydrogen (secondary N) is 1. The normalized spacial score (nSPS) is 20.7. The van der Waals surface area contributed by atoms with Gasteiger partial charge in [0, 0.05) is 12.1 Å². The maximum absolute atomic E-state index is 13.2. The summed E-state index contributed by atoms with van der Waals surface area (Å²) < 4.78 is 12.0. The zero-order valence-electron chi connectivity index (χ0n) is 20.7. The number of amides is 2. The summed E-state index contributed by atoms with van der Waals surface area (Å²) in [7, 11) is 0. The molecule has 2 amide bonds. The molecule has 6 heteroatoms. The number of carbonyl (C=O) groups excluding carboxylic acids is 2. The van der Waals surface area contributed by atoms with E-state index < -0.39 is 11.8 Å². The van der Waals surface area contributed by atoms with Crippen LogP contribution in [0.25, 0.3) is 0 Å². The second-order valence-corrected chi connectivity index (χ2v) is 9.79. The summed E-state index contributed by atoms with van der Waals surface area (Å²) in [5.74, 6) is 0.649. The topological polar surface area (TPSA) is 67.9 Å². The van der Waals surface area contributed by atoms with Crippen LogP contribution in [0.15, 0.2) is 42.0 Å². The Kier molecular flexibility index (Phi) is 9.32. The first-order valence-corrected chi connectivity index (χ1v) is 11.7. The molecule has 1 aliphatic heterocycles. The Labute approximate surface area is 193 Å². The van der Waals surface area contributed by atoms with Gasteiger partial charge in [0.25, 0.3) is 0 Å². The van der Waals surface area contributed by atoms with E-state index in [1.54, 1.807) is 4.90 Å². The molecule has 1 aromatic carbocycles. The van der Waals surface area contributed by atoms with Crippen LogP contribution in [0.3, 0.4) is 0 Å². The molecular formula is C26H40N2O4. The number of rotatable bonds is 9. The third-order valence-corrected chi connectivity index (χ3v) is 5.54. The van der Waals surface area contributed by atoms with E-state index in [0.29, 0.717) is 30.4 Å². The summed E-state index contributed by atoms with van der Waals surface area (Å²) >= 11 is 0. The van der Waals surface area contributed by atoms with Crippen molar-refractivity contribution in [2.75, 3.05) is 6.54 Å². The number of nitrogens with zero attached hydrogens (tertiary/aromatic N) is 1. The molecule has 6 nitrogen and oxygen atoms in total. The lowest BCUT2D eigenvalue weighted by Gasteiger charge is -2.33. The van der Waals surface area contributed by atoms with Crippen molar-refractivity contribution >= 4 is 12.0 Å². The second kappa shape index (κ2) is 11.5. The van der Waals surface area contributed by atoms with Crippen LogP contribution < -0.4 is 5.32 Å². The molecule has 0 unspecified atom stereocenters. The van der Waals surface area contributed by atoms with Crippen LogP contribution in [0.2, 0.25) is 0 Å². The van der Waals surface area contributed by atoms with Gasteiger partial charge in [0.2, 0.25) is 5.91 Å². The number of carbonyl (C=O) groups is 2. The van der Waals surface area contributed by atoms with Crippen molar-refractivity contribution in [1.82, 2.24) is 10.2 Å². The number of benzene rings is 1. The Morgan fingerprint density at radius 1 is 1.16 bits per heavy atom. The van der Waals surface area contributed by atoms with Crippen LogP contribution in [0.4, 0.5) is 4.79 Å². The smallest absolute Gasteiger partial charge is 0.412 e. The highest BCUT2D eigenvalue weighted by atomic mass is 16.6. The third kappa shape index (κ3) is 7.09. The van der Waals surface area contributed by atoms with E-state index in [0.717, 1.165) is 12.0 Å². The van der Waals surface area contributed by atoms with Gasteiger partial charge in [-0.1, -0.05) is 65.0 Å². The van der Waals surface area contributed by atoms with Crippen molar-refractivity contribution in [2.45, 2.75) is 85.8 Å². The van der Waals surface area contributed by atoms with Crippen LogP contribution in [0.5, 0.6) is 0 Å². The third-order valence-electron chi connectivity index (χ3n) is 5.54. The highest BCUT2D eigenvalue weighted by Crippen LogP contribution is 2.37. The Hall–Kier alpha value is -2.34. The number of hydrogen-bond donors (Lipinski definition) is 1. The van der Waals surface area contributed by atoms with E-state index in [1.807, 2.05) is 57.2 Å². The Morgan fingerprint density at radius 3 is 2.38 bits per heavy atom. The summed E-state index contributed by atoms with van der Waals surface area (Å²) in [6.07, 6.45) is 2.46. The lowest BCUT2D eigenvalue weighted by Crippen LogP contribution is -2.49. The SMILES string of the molecule is CCC(=C[C@@H]1OC(C)(C)N(C(=O)OCc2ccccc2)[C@H]1CC(C)C)C(=O)NCC(C)C. The van der Waals surface area contributed by atoms with Crippen LogP contribution in [0, 0.1) is 11.8 Å². The first kappa shape index (κ1) is 25.9. The quantitative estimate of drug-likeness (QED) is 0.526. The monoisotopic (exact) mass is 444 g/mol. The van der Waals surface area contributed by atoms with Crippen molar-refractivity contribution in [2.24, 2.45) is 11.8 Å². The van der Waals surface area contributed by atoms with Crippen LogP contribution in [-0.2, 0) is 20.9 Å². The maximum atomic E-state index is 13.2. The van der Waals surface area contributed by atoms with Crippen LogP contribution in [0.1, 0.15) is 66.9 Å². The molecular weight excluding hydrogens is 404 g/mol. The lowest BCUT2D eigenvalue weighted by atomic mass is 9.96. The van der Waals surface area contributed by atoms with Crippen molar-refractivity contribution in [1.29, 1.82) is 0 Å². The Balaban J connectivity index is 2.24. The van der Waals surface area contributed by atoms with Gasteiger partial charge in [-0.25, -0.2) is 4.79 Å². The Bertz CT molecular complexity index is 786. The van der Waals surface area contributed by atoms with E-state index in [9.17, 15) is 9.59 Å². The van der Waals surface area contributed by atoms with E-state index in [1.165, 1.54) is 0 Å². The van der Waals surface area contributed by atoms with Gasteiger partial charge in [-0.3, -0.25) is 9.69 Å². The minimum atomic E-state index is -0.845. The van der Waals surface area contributed by atoms with Gasteiger partial charge in [0.15, 0.2) is 0 Å². The fraction of sp³-hybridized carbons (Fsp3) is 0.615. The van der Waals surface area contributed by atoms with Crippen LogP contribution in [-0.4, -0.2) is 41.3 Å². The number of ether oxygens (including phenoxy) is 2. The van der Waals surface area contributed by atoms with E-state index >= 15 is 0 Å². The molecule has 0 bridgehead atoms. The molecule has 2 atom stereocenters. The van der Waals surface area contributed by atoms with Crippen molar-refractivity contribution in [3.63, 3.8) is 0 Å². The molecule has 0 saturated carbocycles. The molecule has 1 N–H and O–H groups in total. The van der Waals surface area contributed by atoms with Crippen LogP contribution >= 0.6 is 0 Å². The summed E-state index contributed by atoms with van der Waals surface area (Å²) in [5.41, 5.74) is 0.771. The largest absolute Gasteiger partial charge is 0.444 e. The molecule has 32 heavy (non-hydrogen) atoms. The average Bonchev–Trinajstić information content (AvgIpc) is 2.97. The molecule has 2 rings (SSSR count). The molecule has 1 aliphatic rings. The van der Waals surface area contributed by atoms with Gasteiger partial charge in [-0.15, -0.1) is 0 Å². The fourth-order valence-corrected chi connectivity index (χ4v) is 3.99. The van der Waals surface area contributed by atoms with E-state index in [4.69, 9.17) is 9.47 Å². The first-order valence-electron chi connectivity index (χ1n) is 11.7. The predicted molar refractivity (Wildman–Crippen MR) is 127 cm³/mol. The van der Waals surface area contributed by atoms with Gasteiger partial charge < -0.3 is 14.8 Å². The number of hydrogen-bond acceptors (Lipinski definition) is 4. The first-order chi connectivity index (χ1) is 15.0. The summed E-state index contributed by atoms with van der Waals surface area (Å²) in [6, 6.07) is 9.42. The minimum absolute atomic E-state index is 0.0731. The summed E-state index contributed by atoms with van der Waals surface area (Å²) in [4.78, 5) is 27.6. The summed E-state index contributed by atoms with van der Waals surface area (Å²) in [6.45, 7) is 14.9. The molecule has 0 radical (unpaired) electrons. The van der Waals surface area contributed by atoms with Crippen molar-refractivity contribution < 1.29 is 19.1 Å². The lowest BCUT2D eigenvalue weighted by molar-refractivity contribution is -0.117. The van der Waals surface area contributed by atoms with E-state index in [2.05, 4.69) is 33.0 Å². The molecule has 1 aromatic rings. The molecule has 1 fully saturated rings. The van der Waals surface area contributed by atoms with Gasteiger partial charge in [-0.2, -0.15) is 0 Å². The highest BCUT2D eigenvalue weighted by Gasteiger charge is 2.50. The molecule has 0 aliphatic carbocycles. The van der Waals surface area contributed by atoms with Gasteiger partial charge in [-0.05, 0) is 50.2 Å². The predicted octanol–water partition coefficient (Wildman–Crippen LogP) is 5.28. The Morgan fingerprint density at radius 2 is 1.81 bits per heavy atom. The molecule has 0 aromatic heterocycles. The highest BCUT2D eigenvalue weighted by molar-refractivity contribution is 5.93. The summed E-state index contributed by atoms with van der Waals surface area (Å²) in [5, 5.41) is 2.99. The zero-order valence-corrected chi connectivity index (χ0v) is 20.7. The molecule has 1 saturated heterocycles. The molecule has 178 valence electrons. The fourth-order valence-electron chi connectivity index (χ4n) is 3.99. The second-order valence-electron chi connectivity index (χ2n) is 9.79. The van der Waals surface area contributed by atoms with Gasteiger partial charge in [0.05, 0.1) is 12.1 Å². The average molecular weight is 445 g/mol. The molecule has 1 heterocycles. The maximum Gasteiger partial charge on any atom is 0.412 e. The van der Waals surface area contributed by atoms with Gasteiger partial charge >= 0.3 is 6.09 Å². The van der Waals surface area contributed by atoms with Crippen molar-refractivity contribution in [3.8, 4) is 0 Å².